The SMILES string of the molecule is COC(=O)c1cc(S(=O)(=O)Cl)cc(OC)n1. The predicted molar refractivity (Wildman–Crippen MR) is 55.2 cm³/mol. The Bertz CT molecular complexity index is 513. The molecule has 1 rings (SSSR count). The lowest BCUT2D eigenvalue weighted by Gasteiger charge is -2.04. The summed E-state index contributed by atoms with van der Waals surface area (Å²) in [7, 11) is 3.63. The minimum atomic E-state index is -3.96. The summed E-state index contributed by atoms with van der Waals surface area (Å²) in [6.07, 6.45) is 0. The quantitative estimate of drug-likeness (QED) is 0.594. The van der Waals surface area contributed by atoms with Crippen LogP contribution in [0.25, 0.3) is 0 Å². The topological polar surface area (TPSA) is 82.6 Å². The van der Waals surface area contributed by atoms with Crippen molar-refractivity contribution in [3.05, 3.63) is 17.8 Å². The monoisotopic (exact) mass is 265 g/mol. The number of carbonyl (C=O) groups excluding carboxylic acids is 1. The van der Waals surface area contributed by atoms with Crippen molar-refractivity contribution in [3.8, 4) is 5.88 Å². The summed E-state index contributed by atoms with van der Waals surface area (Å²) in [4.78, 5) is 14.6. The molecule has 88 valence electrons. The van der Waals surface area contributed by atoms with Crippen LogP contribution in [0.15, 0.2) is 17.0 Å². The number of esters is 1. The third kappa shape index (κ3) is 2.83. The zero-order valence-electron chi connectivity index (χ0n) is 8.43. The van der Waals surface area contributed by atoms with Gasteiger partial charge in [-0.2, -0.15) is 0 Å². The molecule has 1 aromatic rings. The molecule has 0 radical (unpaired) electrons. The number of hydrogen-bond acceptors (Lipinski definition) is 6. The molecule has 0 saturated carbocycles. The van der Waals surface area contributed by atoms with Crippen molar-refractivity contribution in [2.45, 2.75) is 4.90 Å². The molecule has 0 aliphatic carbocycles. The van der Waals surface area contributed by atoms with Gasteiger partial charge in [-0.05, 0) is 6.07 Å². The Morgan fingerprint density at radius 1 is 1.38 bits per heavy atom. The minimum absolute atomic E-state index is 0.0397. The molecule has 16 heavy (non-hydrogen) atoms. The molecule has 0 bridgehead atoms. The molecule has 0 saturated heterocycles. The van der Waals surface area contributed by atoms with Crippen molar-refractivity contribution in [2.75, 3.05) is 14.2 Å². The maximum Gasteiger partial charge on any atom is 0.356 e. The van der Waals surface area contributed by atoms with Crippen LogP contribution in [-0.2, 0) is 13.8 Å². The van der Waals surface area contributed by atoms with Crippen LogP contribution in [-0.4, -0.2) is 33.6 Å². The molecule has 0 aliphatic heterocycles. The molecule has 0 aliphatic rings. The summed E-state index contributed by atoms with van der Waals surface area (Å²) >= 11 is 0. The van der Waals surface area contributed by atoms with Gasteiger partial charge in [0.05, 0.1) is 19.1 Å². The third-order valence-corrected chi connectivity index (χ3v) is 2.99. The van der Waals surface area contributed by atoms with E-state index in [4.69, 9.17) is 15.4 Å². The summed E-state index contributed by atoms with van der Waals surface area (Å²) in [5.41, 5.74) is -0.193. The van der Waals surface area contributed by atoms with E-state index in [9.17, 15) is 13.2 Å². The number of nitrogens with zero attached hydrogens (tertiary/aromatic N) is 1. The fraction of sp³-hybridized carbons (Fsp3) is 0.250. The molecule has 1 heterocycles. The lowest BCUT2D eigenvalue weighted by molar-refractivity contribution is 0.0592. The molecule has 1 aromatic heterocycles. The molecule has 0 N–H and O–H groups in total. The highest BCUT2D eigenvalue weighted by molar-refractivity contribution is 8.13. The lowest BCUT2D eigenvalue weighted by atomic mass is 10.3. The first kappa shape index (κ1) is 12.7. The number of pyridine rings is 1. The fourth-order valence-corrected chi connectivity index (χ4v) is 1.70. The predicted octanol–water partition coefficient (Wildman–Crippen LogP) is 0.804. The van der Waals surface area contributed by atoms with Gasteiger partial charge in [-0.3, -0.25) is 0 Å². The van der Waals surface area contributed by atoms with E-state index >= 15 is 0 Å². The van der Waals surface area contributed by atoms with Gasteiger partial charge in [0.2, 0.25) is 5.88 Å². The van der Waals surface area contributed by atoms with E-state index in [0.717, 1.165) is 19.2 Å². The molecular formula is C8H8ClNO5S. The third-order valence-electron chi connectivity index (χ3n) is 1.66. The van der Waals surface area contributed by atoms with E-state index in [2.05, 4.69) is 9.72 Å². The van der Waals surface area contributed by atoms with Crippen LogP contribution in [0.3, 0.4) is 0 Å². The number of carbonyl (C=O) groups is 1. The van der Waals surface area contributed by atoms with E-state index < -0.39 is 15.0 Å². The Hall–Kier alpha value is -1.34. The van der Waals surface area contributed by atoms with Crippen molar-refractivity contribution in [1.82, 2.24) is 4.98 Å². The van der Waals surface area contributed by atoms with Gasteiger partial charge in [0.1, 0.15) is 0 Å². The van der Waals surface area contributed by atoms with Gasteiger partial charge in [0, 0.05) is 16.7 Å². The van der Waals surface area contributed by atoms with Crippen LogP contribution in [0.2, 0.25) is 0 Å². The highest BCUT2D eigenvalue weighted by Crippen LogP contribution is 2.20. The maximum absolute atomic E-state index is 11.2. The summed E-state index contributed by atoms with van der Waals surface area (Å²) in [6, 6.07) is 2.12. The van der Waals surface area contributed by atoms with Crippen molar-refractivity contribution in [3.63, 3.8) is 0 Å². The highest BCUT2D eigenvalue weighted by atomic mass is 35.7. The fourth-order valence-electron chi connectivity index (χ4n) is 0.936. The molecule has 6 nitrogen and oxygen atoms in total. The second-order valence-electron chi connectivity index (χ2n) is 2.66. The molecular weight excluding hydrogens is 258 g/mol. The normalized spacial score (nSPS) is 10.9. The Balaban J connectivity index is 3.38. The Labute approximate surface area is 96.6 Å². The number of hydrogen-bond donors (Lipinski definition) is 0. The van der Waals surface area contributed by atoms with Crippen LogP contribution in [0.5, 0.6) is 5.88 Å². The molecule has 0 fully saturated rings. The summed E-state index contributed by atoms with van der Waals surface area (Å²) < 4.78 is 31.3. The molecule has 0 atom stereocenters. The number of methoxy groups -OCH3 is 2. The number of halogens is 1. The van der Waals surface area contributed by atoms with Crippen LogP contribution >= 0.6 is 10.7 Å². The first-order chi connectivity index (χ1) is 7.38. The second kappa shape index (κ2) is 4.67. The highest BCUT2D eigenvalue weighted by Gasteiger charge is 2.17. The van der Waals surface area contributed by atoms with Gasteiger partial charge < -0.3 is 9.47 Å². The molecule has 8 heteroatoms. The Morgan fingerprint density at radius 3 is 2.44 bits per heavy atom. The number of rotatable bonds is 3. The van der Waals surface area contributed by atoms with Crippen molar-refractivity contribution < 1.29 is 22.7 Å². The first-order valence-corrected chi connectivity index (χ1v) is 6.28. The largest absolute Gasteiger partial charge is 0.481 e. The zero-order valence-corrected chi connectivity index (χ0v) is 10.0. The zero-order chi connectivity index (χ0) is 12.3. The molecule has 0 unspecified atom stereocenters. The van der Waals surface area contributed by atoms with E-state index in [1.54, 1.807) is 0 Å². The van der Waals surface area contributed by atoms with Crippen LogP contribution < -0.4 is 4.74 Å². The van der Waals surface area contributed by atoms with Gasteiger partial charge in [-0.25, -0.2) is 18.2 Å². The van der Waals surface area contributed by atoms with E-state index in [1.165, 1.54) is 7.11 Å². The van der Waals surface area contributed by atoms with Gasteiger partial charge in [-0.15, -0.1) is 0 Å². The molecule has 0 aromatic carbocycles. The van der Waals surface area contributed by atoms with Crippen LogP contribution in [0, 0.1) is 0 Å². The Morgan fingerprint density at radius 2 is 2.00 bits per heavy atom. The van der Waals surface area contributed by atoms with Gasteiger partial charge in [0.15, 0.2) is 5.69 Å². The molecule has 0 spiro atoms. The second-order valence-corrected chi connectivity index (χ2v) is 5.23. The van der Waals surface area contributed by atoms with Gasteiger partial charge in [0.25, 0.3) is 9.05 Å². The van der Waals surface area contributed by atoms with Crippen molar-refractivity contribution >= 4 is 25.7 Å². The van der Waals surface area contributed by atoms with Crippen molar-refractivity contribution in [1.29, 1.82) is 0 Å². The lowest BCUT2D eigenvalue weighted by Crippen LogP contribution is -2.07. The standard InChI is InChI=1S/C8H8ClNO5S/c1-14-7-4-5(16(9,12)13)3-6(10-7)8(11)15-2/h3-4H,1-2H3. The Kier molecular flexibility index (Phi) is 3.71. The minimum Gasteiger partial charge on any atom is -0.481 e. The maximum atomic E-state index is 11.2. The van der Waals surface area contributed by atoms with E-state index in [-0.39, 0.29) is 16.5 Å². The average Bonchev–Trinajstić information content (AvgIpc) is 2.26. The van der Waals surface area contributed by atoms with E-state index in [1.807, 2.05) is 0 Å². The summed E-state index contributed by atoms with van der Waals surface area (Å²) in [5.74, 6) is -0.817. The summed E-state index contributed by atoms with van der Waals surface area (Å²) in [6.45, 7) is 0. The van der Waals surface area contributed by atoms with Crippen molar-refractivity contribution in [2.24, 2.45) is 0 Å². The van der Waals surface area contributed by atoms with Crippen LogP contribution in [0.4, 0.5) is 0 Å². The first-order valence-electron chi connectivity index (χ1n) is 3.97. The smallest absolute Gasteiger partial charge is 0.356 e. The van der Waals surface area contributed by atoms with Gasteiger partial charge in [-0.1, -0.05) is 0 Å². The number of aromatic nitrogens is 1. The van der Waals surface area contributed by atoms with Gasteiger partial charge >= 0.3 is 5.97 Å². The van der Waals surface area contributed by atoms with E-state index in [0.29, 0.717) is 0 Å². The average molecular weight is 266 g/mol. The summed E-state index contributed by atoms with van der Waals surface area (Å²) in [5, 5.41) is 0. The molecule has 0 amide bonds. The number of ether oxygens (including phenoxy) is 2. The van der Waals surface area contributed by atoms with Crippen LogP contribution in [0.1, 0.15) is 10.5 Å².